The van der Waals surface area contributed by atoms with E-state index in [1.807, 2.05) is 6.07 Å². The Labute approximate surface area is 92.9 Å². The van der Waals surface area contributed by atoms with Crippen LogP contribution in [0.4, 0.5) is 0 Å². The first-order valence-electron chi connectivity index (χ1n) is 4.47. The van der Waals surface area contributed by atoms with Gasteiger partial charge in [0, 0.05) is 5.02 Å². The summed E-state index contributed by atoms with van der Waals surface area (Å²) in [6.45, 7) is 0. The van der Waals surface area contributed by atoms with E-state index in [1.165, 1.54) is 0 Å². The molecule has 0 aliphatic rings. The van der Waals surface area contributed by atoms with Crippen molar-refractivity contribution in [3.05, 3.63) is 34.9 Å². The number of aliphatic carboxylic acids is 1. The number of nitriles is 1. The molecule has 0 fully saturated rings. The fourth-order valence-electron chi connectivity index (χ4n) is 1.28. The maximum absolute atomic E-state index is 10.4. The number of nitrogens with zero attached hydrogens (tertiary/aromatic N) is 1. The van der Waals surface area contributed by atoms with Crippen LogP contribution >= 0.6 is 11.6 Å². The summed E-state index contributed by atoms with van der Waals surface area (Å²) in [6.07, 6.45) is 0.319. The van der Waals surface area contributed by atoms with E-state index in [4.69, 9.17) is 22.0 Å². The quantitative estimate of drug-likeness (QED) is 0.853. The van der Waals surface area contributed by atoms with Crippen molar-refractivity contribution in [2.45, 2.75) is 12.8 Å². The molecule has 78 valence electrons. The molecule has 4 heteroatoms. The van der Waals surface area contributed by atoms with Crippen molar-refractivity contribution in [2.24, 2.45) is 5.92 Å². The molecule has 0 amide bonds. The lowest BCUT2D eigenvalue weighted by Gasteiger charge is -2.05. The van der Waals surface area contributed by atoms with E-state index in [0.717, 1.165) is 5.56 Å². The third kappa shape index (κ3) is 4.01. The van der Waals surface area contributed by atoms with Crippen molar-refractivity contribution >= 4 is 17.6 Å². The number of carboxylic acids is 1. The highest BCUT2D eigenvalue weighted by Crippen LogP contribution is 2.15. The number of halogens is 1. The Morgan fingerprint density at radius 1 is 1.47 bits per heavy atom. The minimum atomic E-state index is -0.949. The predicted molar refractivity (Wildman–Crippen MR) is 56.5 cm³/mol. The van der Waals surface area contributed by atoms with Gasteiger partial charge in [-0.15, -0.1) is 0 Å². The van der Waals surface area contributed by atoms with Crippen LogP contribution in [0.25, 0.3) is 0 Å². The SMILES string of the molecule is N#CC(CC(=O)O)Cc1ccc(Cl)cc1. The Bertz CT molecular complexity index is 381. The molecule has 1 rings (SSSR count). The van der Waals surface area contributed by atoms with Gasteiger partial charge in [-0.25, -0.2) is 0 Å². The molecule has 0 bridgehead atoms. The molecule has 1 atom stereocenters. The van der Waals surface area contributed by atoms with Gasteiger partial charge in [0.2, 0.25) is 0 Å². The van der Waals surface area contributed by atoms with E-state index in [-0.39, 0.29) is 6.42 Å². The van der Waals surface area contributed by atoms with Gasteiger partial charge in [0.15, 0.2) is 0 Å². The van der Waals surface area contributed by atoms with Crippen LogP contribution < -0.4 is 0 Å². The highest BCUT2D eigenvalue weighted by atomic mass is 35.5. The fraction of sp³-hybridized carbons (Fsp3) is 0.273. The van der Waals surface area contributed by atoms with E-state index in [0.29, 0.717) is 11.4 Å². The van der Waals surface area contributed by atoms with E-state index in [2.05, 4.69) is 0 Å². The number of rotatable bonds is 4. The van der Waals surface area contributed by atoms with E-state index < -0.39 is 11.9 Å². The van der Waals surface area contributed by atoms with E-state index in [9.17, 15) is 4.79 Å². The molecular formula is C11H10ClNO2. The minimum absolute atomic E-state index is 0.126. The molecule has 3 nitrogen and oxygen atoms in total. The van der Waals surface area contributed by atoms with Crippen LogP contribution in [0.15, 0.2) is 24.3 Å². The zero-order valence-electron chi connectivity index (χ0n) is 7.98. The second kappa shape index (κ2) is 5.38. The van der Waals surface area contributed by atoms with Crippen molar-refractivity contribution in [3.8, 4) is 6.07 Å². The van der Waals surface area contributed by atoms with Crippen molar-refractivity contribution in [1.29, 1.82) is 5.26 Å². The topological polar surface area (TPSA) is 61.1 Å². The van der Waals surface area contributed by atoms with E-state index >= 15 is 0 Å². The third-order valence-corrected chi connectivity index (χ3v) is 2.25. The molecule has 0 aromatic heterocycles. The molecule has 0 heterocycles. The lowest BCUT2D eigenvalue weighted by molar-refractivity contribution is -0.137. The van der Waals surface area contributed by atoms with Gasteiger partial charge in [-0.3, -0.25) is 4.79 Å². The number of hydrogen-bond donors (Lipinski definition) is 1. The molecule has 1 aromatic rings. The molecule has 15 heavy (non-hydrogen) atoms. The first-order valence-corrected chi connectivity index (χ1v) is 4.85. The Hall–Kier alpha value is -1.53. The van der Waals surface area contributed by atoms with Gasteiger partial charge in [-0.2, -0.15) is 5.26 Å². The van der Waals surface area contributed by atoms with Gasteiger partial charge in [0.05, 0.1) is 18.4 Å². The normalized spacial score (nSPS) is 11.7. The Morgan fingerprint density at radius 2 is 2.07 bits per heavy atom. The number of carboxylic acid groups (broad SMARTS) is 1. The van der Waals surface area contributed by atoms with Crippen LogP contribution in [0.5, 0.6) is 0 Å². The largest absolute Gasteiger partial charge is 0.481 e. The lowest BCUT2D eigenvalue weighted by atomic mass is 9.98. The monoisotopic (exact) mass is 223 g/mol. The highest BCUT2D eigenvalue weighted by Gasteiger charge is 2.12. The zero-order valence-corrected chi connectivity index (χ0v) is 8.74. The summed E-state index contributed by atoms with van der Waals surface area (Å²) in [5, 5.41) is 17.9. The minimum Gasteiger partial charge on any atom is -0.481 e. The molecule has 1 aromatic carbocycles. The van der Waals surface area contributed by atoms with Crippen molar-refractivity contribution in [3.63, 3.8) is 0 Å². The van der Waals surface area contributed by atoms with Crippen LogP contribution in [0.1, 0.15) is 12.0 Å². The van der Waals surface area contributed by atoms with Gasteiger partial charge < -0.3 is 5.11 Å². The number of carbonyl (C=O) groups is 1. The molecule has 0 saturated heterocycles. The summed E-state index contributed by atoms with van der Waals surface area (Å²) in [4.78, 5) is 10.4. The summed E-state index contributed by atoms with van der Waals surface area (Å²) in [5.74, 6) is -1.43. The second-order valence-electron chi connectivity index (χ2n) is 3.25. The Kier molecular flexibility index (Phi) is 4.14. The molecule has 0 aliphatic carbocycles. The predicted octanol–water partition coefficient (Wildman–Crippen LogP) is 2.50. The van der Waals surface area contributed by atoms with Crippen molar-refractivity contribution < 1.29 is 9.90 Å². The molecule has 0 aliphatic heterocycles. The van der Waals surface area contributed by atoms with Gasteiger partial charge in [-0.05, 0) is 24.1 Å². The van der Waals surface area contributed by atoms with Gasteiger partial charge in [-0.1, -0.05) is 23.7 Å². The first-order chi connectivity index (χ1) is 7.11. The molecule has 1 N–H and O–H groups in total. The van der Waals surface area contributed by atoms with Crippen LogP contribution in [-0.2, 0) is 11.2 Å². The van der Waals surface area contributed by atoms with Gasteiger partial charge in [0.25, 0.3) is 0 Å². The lowest BCUT2D eigenvalue weighted by Crippen LogP contribution is -2.08. The fourth-order valence-corrected chi connectivity index (χ4v) is 1.41. The summed E-state index contributed by atoms with van der Waals surface area (Å²) < 4.78 is 0. The van der Waals surface area contributed by atoms with Crippen LogP contribution in [0, 0.1) is 17.2 Å². The average molecular weight is 224 g/mol. The molecule has 1 unspecified atom stereocenters. The molecular weight excluding hydrogens is 214 g/mol. The molecule has 0 saturated carbocycles. The average Bonchev–Trinajstić information content (AvgIpc) is 2.19. The maximum Gasteiger partial charge on any atom is 0.304 e. The van der Waals surface area contributed by atoms with Gasteiger partial charge >= 0.3 is 5.97 Å². The van der Waals surface area contributed by atoms with Crippen LogP contribution in [-0.4, -0.2) is 11.1 Å². The Morgan fingerprint density at radius 3 is 2.53 bits per heavy atom. The molecule has 0 radical (unpaired) electrons. The summed E-state index contributed by atoms with van der Waals surface area (Å²) in [5.41, 5.74) is 0.923. The van der Waals surface area contributed by atoms with Gasteiger partial charge in [0.1, 0.15) is 0 Å². The summed E-state index contributed by atoms with van der Waals surface area (Å²) >= 11 is 5.71. The number of benzene rings is 1. The second-order valence-corrected chi connectivity index (χ2v) is 3.69. The van der Waals surface area contributed by atoms with Crippen molar-refractivity contribution in [2.75, 3.05) is 0 Å². The zero-order chi connectivity index (χ0) is 11.3. The van der Waals surface area contributed by atoms with Crippen LogP contribution in [0.2, 0.25) is 5.02 Å². The van der Waals surface area contributed by atoms with Crippen LogP contribution in [0.3, 0.4) is 0 Å². The summed E-state index contributed by atoms with van der Waals surface area (Å²) in [6, 6.07) is 9.04. The number of hydrogen-bond acceptors (Lipinski definition) is 2. The first kappa shape index (κ1) is 11.5. The third-order valence-electron chi connectivity index (χ3n) is 2.00. The summed E-state index contributed by atoms with van der Waals surface area (Å²) in [7, 11) is 0. The highest BCUT2D eigenvalue weighted by molar-refractivity contribution is 6.30. The van der Waals surface area contributed by atoms with E-state index in [1.54, 1.807) is 24.3 Å². The molecule has 0 spiro atoms. The standard InChI is InChI=1S/C11H10ClNO2/c12-10-3-1-8(2-4-10)5-9(7-13)6-11(14)15/h1-4,9H,5-6H2,(H,14,15). The smallest absolute Gasteiger partial charge is 0.304 e. The Balaban J connectivity index is 2.63. The van der Waals surface area contributed by atoms with Crippen molar-refractivity contribution in [1.82, 2.24) is 0 Å². The maximum atomic E-state index is 10.4.